The SMILES string of the molecule is CC(C)CNC(=O)C(C)NCC(C)CO. The minimum absolute atomic E-state index is 0.0221. The molecule has 0 aliphatic heterocycles. The van der Waals surface area contributed by atoms with E-state index >= 15 is 0 Å². The molecule has 0 rings (SSSR count). The molecule has 0 fully saturated rings. The van der Waals surface area contributed by atoms with Crippen LogP contribution in [0.3, 0.4) is 0 Å². The standard InChI is InChI=1S/C11H24N2O2/c1-8(2)5-13-11(15)10(4)12-6-9(3)7-14/h8-10,12,14H,5-7H2,1-4H3,(H,13,15). The molecule has 0 radical (unpaired) electrons. The van der Waals surface area contributed by atoms with Crippen molar-refractivity contribution in [1.82, 2.24) is 10.6 Å². The van der Waals surface area contributed by atoms with E-state index in [0.717, 1.165) is 0 Å². The van der Waals surface area contributed by atoms with Gasteiger partial charge in [-0.2, -0.15) is 0 Å². The second-order valence-electron chi connectivity index (χ2n) is 4.56. The van der Waals surface area contributed by atoms with Gasteiger partial charge in [0.25, 0.3) is 0 Å². The number of amides is 1. The second kappa shape index (κ2) is 7.65. The van der Waals surface area contributed by atoms with Crippen LogP contribution in [0.25, 0.3) is 0 Å². The third-order valence-electron chi connectivity index (χ3n) is 2.16. The number of aliphatic hydroxyl groups is 1. The highest BCUT2D eigenvalue weighted by atomic mass is 16.3. The van der Waals surface area contributed by atoms with Crippen molar-refractivity contribution in [1.29, 1.82) is 0 Å². The third-order valence-corrected chi connectivity index (χ3v) is 2.16. The Morgan fingerprint density at radius 1 is 1.20 bits per heavy atom. The van der Waals surface area contributed by atoms with Crippen molar-refractivity contribution in [2.24, 2.45) is 11.8 Å². The molecule has 0 aromatic carbocycles. The number of hydrogen-bond donors (Lipinski definition) is 3. The lowest BCUT2D eigenvalue weighted by molar-refractivity contribution is -0.122. The highest BCUT2D eigenvalue weighted by Crippen LogP contribution is 1.92. The molecule has 0 aromatic heterocycles. The fraction of sp³-hybridized carbons (Fsp3) is 0.909. The summed E-state index contributed by atoms with van der Waals surface area (Å²) in [7, 11) is 0. The van der Waals surface area contributed by atoms with Crippen LogP contribution < -0.4 is 10.6 Å². The molecular weight excluding hydrogens is 192 g/mol. The fourth-order valence-electron chi connectivity index (χ4n) is 0.993. The highest BCUT2D eigenvalue weighted by Gasteiger charge is 2.12. The van der Waals surface area contributed by atoms with Crippen molar-refractivity contribution in [2.75, 3.05) is 19.7 Å². The molecule has 0 spiro atoms. The number of nitrogens with one attached hydrogen (secondary N) is 2. The van der Waals surface area contributed by atoms with E-state index in [4.69, 9.17) is 5.11 Å². The first-order chi connectivity index (χ1) is 6.97. The Bertz CT molecular complexity index is 183. The van der Waals surface area contributed by atoms with Crippen LogP contribution >= 0.6 is 0 Å². The number of hydrogen-bond acceptors (Lipinski definition) is 3. The monoisotopic (exact) mass is 216 g/mol. The quantitative estimate of drug-likeness (QED) is 0.576. The predicted molar refractivity (Wildman–Crippen MR) is 61.6 cm³/mol. The minimum atomic E-state index is -0.197. The number of carbonyl (C=O) groups is 1. The normalized spacial score (nSPS) is 15.1. The van der Waals surface area contributed by atoms with E-state index < -0.39 is 0 Å². The number of carbonyl (C=O) groups excluding carboxylic acids is 1. The maximum absolute atomic E-state index is 11.5. The Kier molecular flexibility index (Phi) is 7.34. The van der Waals surface area contributed by atoms with Gasteiger partial charge in [0.05, 0.1) is 6.04 Å². The van der Waals surface area contributed by atoms with Gasteiger partial charge in [0.2, 0.25) is 5.91 Å². The average molecular weight is 216 g/mol. The third kappa shape index (κ3) is 7.33. The van der Waals surface area contributed by atoms with Gasteiger partial charge < -0.3 is 15.7 Å². The summed E-state index contributed by atoms with van der Waals surface area (Å²) in [6.45, 7) is 9.41. The van der Waals surface area contributed by atoms with E-state index in [9.17, 15) is 4.79 Å². The van der Waals surface area contributed by atoms with Gasteiger partial charge in [-0.25, -0.2) is 0 Å². The first-order valence-corrected chi connectivity index (χ1v) is 5.59. The van der Waals surface area contributed by atoms with Crippen molar-refractivity contribution in [3.63, 3.8) is 0 Å². The van der Waals surface area contributed by atoms with E-state index in [1.807, 2.05) is 13.8 Å². The fourth-order valence-corrected chi connectivity index (χ4v) is 0.993. The Morgan fingerprint density at radius 2 is 1.80 bits per heavy atom. The highest BCUT2D eigenvalue weighted by molar-refractivity contribution is 5.81. The summed E-state index contributed by atoms with van der Waals surface area (Å²) in [5, 5.41) is 14.8. The zero-order valence-electron chi connectivity index (χ0n) is 10.2. The van der Waals surface area contributed by atoms with Gasteiger partial charge in [0, 0.05) is 19.7 Å². The molecule has 0 aliphatic carbocycles. The van der Waals surface area contributed by atoms with Crippen LogP contribution in [0.15, 0.2) is 0 Å². The van der Waals surface area contributed by atoms with Gasteiger partial charge in [-0.1, -0.05) is 20.8 Å². The molecule has 1 amide bonds. The molecule has 0 heterocycles. The summed E-state index contributed by atoms with van der Waals surface area (Å²) in [5.74, 6) is 0.678. The van der Waals surface area contributed by atoms with Crippen molar-refractivity contribution in [3.8, 4) is 0 Å². The van der Waals surface area contributed by atoms with Crippen LogP contribution in [-0.4, -0.2) is 36.8 Å². The van der Waals surface area contributed by atoms with Crippen LogP contribution in [0.5, 0.6) is 0 Å². The van der Waals surface area contributed by atoms with Crippen LogP contribution in [0.4, 0.5) is 0 Å². The molecule has 90 valence electrons. The summed E-state index contributed by atoms with van der Waals surface area (Å²) < 4.78 is 0. The van der Waals surface area contributed by atoms with Crippen LogP contribution in [0, 0.1) is 11.8 Å². The lowest BCUT2D eigenvalue weighted by Crippen LogP contribution is -2.44. The maximum atomic E-state index is 11.5. The molecule has 0 saturated heterocycles. The first kappa shape index (κ1) is 14.4. The summed E-state index contributed by atoms with van der Waals surface area (Å²) in [4.78, 5) is 11.5. The summed E-state index contributed by atoms with van der Waals surface area (Å²) in [6, 6.07) is -0.197. The van der Waals surface area contributed by atoms with Crippen LogP contribution in [-0.2, 0) is 4.79 Å². The zero-order valence-corrected chi connectivity index (χ0v) is 10.2. The maximum Gasteiger partial charge on any atom is 0.236 e. The molecule has 2 unspecified atom stereocenters. The van der Waals surface area contributed by atoms with Gasteiger partial charge in [-0.3, -0.25) is 4.79 Å². The smallest absolute Gasteiger partial charge is 0.236 e. The lowest BCUT2D eigenvalue weighted by atomic mass is 10.2. The van der Waals surface area contributed by atoms with Gasteiger partial charge in [-0.15, -0.1) is 0 Å². The van der Waals surface area contributed by atoms with E-state index in [-0.39, 0.29) is 24.5 Å². The van der Waals surface area contributed by atoms with Crippen molar-refractivity contribution >= 4 is 5.91 Å². The van der Waals surface area contributed by atoms with Crippen molar-refractivity contribution in [2.45, 2.75) is 33.7 Å². The molecule has 0 aromatic rings. The minimum Gasteiger partial charge on any atom is -0.396 e. The largest absolute Gasteiger partial charge is 0.396 e. The molecule has 0 bridgehead atoms. The van der Waals surface area contributed by atoms with Gasteiger partial charge in [0.1, 0.15) is 0 Å². The molecule has 4 nitrogen and oxygen atoms in total. The van der Waals surface area contributed by atoms with Gasteiger partial charge in [0.15, 0.2) is 0 Å². The number of aliphatic hydroxyl groups excluding tert-OH is 1. The predicted octanol–water partition coefficient (Wildman–Crippen LogP) is 0.365. The first-order valence-electron chi connectivity index (χ1n) is 5.59. The average Bonchev–Trinajstić information content (AvgIpc) is 2.21. The second-order valence-corrected chi connectivity index (χ2v) is 4.56. The van der Waals surface area contributed by atoms with Crippen molar-refractivity contribution in [3.05, 3.63) is 0 Å². The van der Waals surface area contributed by atoms with Gasteiger partial charge >= 0.3 is 0 Å². The van der Waals surface area contributed by atoms with Crippen LogP contribution in [0.1, 0.15) is 27.7 Å². The molecular formula is C11H24N2O2. The topological polar surface area (TPSA) is 61.4 Å². The Balaban J connectivity index is 3.69. The van der Waals surface area contributed by atoms with E-state index in [1.165, 1.54) is 0 Å². The molecule has 4 heteroatoms. The van der Waals surface area contributed by atoms with Crippen molar-refractivity contribution < 1.29 is 9.90 Å². The van der Waals surface area contributed by atoms with Crippen LogP contribution in [0.2, 0.25) is 0 Å². The summed E-state index contributed by atoms with van der Waals surface area (Å²) >= 11 is 0. The van der Waals surface area contributed by atoms with E-state index in [0.29, 0.717) is 19.0 Å². The molecule has 0 saturated carbocycles. The Morgan fingerprint density at radius 3 is 2.27 bits per heavy atom. The van der Waals surface area contributed by atoms with Gasteiger partial charge in [-0.05, 0) is 18.8 Å². The molecule has 0 aliphatic rings. The van der Waals surface area contributed by atoms with E-state index in [1.54, 1.807) is 0 Å². The summed E-state index contributed by atoms with van der Waals surface area (Å²) in [6.07, 6.45) is 0. The lowest BCUT2D eigenvalue weighted by Gasteiger charge is -2.17. The molecule has 2 atom stereocenters. The number of rotatable bonds is 7. The molecule has 3 N–H and O–H groups in total. The molecule has 15 heavy (non-hydrogen) atoms. The van der Waals surface area contributed by atoms with E-state index in [2.05, 4.69) is 24.5 Å². The zero-order chi connectivity index (χ0) is 11.8. The summed E-state index contributed by atoms with van der Waals surface area (Å²) in [5.41, 5.74) is 0. The Hall–Kier alpha value is -0.610. The Labute approximate surface area is 92.4 Å².